The van der Waals surface area contributed by atoms with Gasteiger partial charge in [-0.3, -0.25) is 0 Å². The summed E-state index contributed by atoms with van der Waals surface area (Å²) in [6.07, 6.45) is 0.281. The molecule has 7 heteroatoms. The quantitative estimate of drug-likeness (QED) is 0.644. The lowest BCUT2D eigenvalue weighted by Gasteiger charge is -2.36. The molecule has 2 fully saturated rings. The average Bonchev–Trinajstić information content (AvgIpc) is 2.78. The summed E-state index contributed by atoms with van der Waals surface area (Å²) < 4.78 is 11.5. The van der Waals surface area contributed by atoms with Crippen molar-refractivity contribution < 1.29 is 9.47 Å². The standard InChI is InChI=1S/C24H29N5O2/c1-16-4-6-19(7-5-16)21-9-8-20-22(25-21)26-24(29-14-17(2)31-18(3)15-29)27-23(20)28-10-12-30-13-11-28/h4-9,17-18H,10-15H2,1-3H3. The number of rotatable bonds is 3. The van der Waals surface area contributed by atoms with E-state index in [-0.39, 0.29) is 12.2 Å². The second-order valence-corrected chi connectivity index (χ2v) is 8.54. The molecule has 0 amide bonds. The molecular formula is C24H29N5O2. The van der Waals surface area contributed by atoms with Gasteiger partial charge in [-0.2, -0.15) is 9.97 Å². The van der Waals surface area contributed by atoms with Crippen LogP contribution in [0.15, 0.2) is 36.4 Å². The zero-order valence-electron chi connectivity index (χ0n) is 18.4. The zero-order valence-corrected chi connectivity index (χ0v) is 18.4. The summed E-state index contributed by atoms with van der Waals surface area (Å²) in [5, 5.41) is 0.982. The van der Waals surface area contributed by atoms with Crippen molar-refractivity contribution in [2.75, 3.05) is 49.2 Å². The summed E-state index contributed by atoms with van der Waals surface area (Å²) in [5.41, 5.74) is 3.98. The monoisotopic (exact) mass is 419 g/mol. The van der Waals surface area contributed by atoms with E-state index in [1.807, 2.05) is 0 Å². The van der Waals surface area contributed by atoms with Gasteiger partial charge in [-0.15, -0.1) is 0 Å². The lowest BCUT2D eigenvalue weighted by molar-refractivity contribution is -0.00570. The molecule has 0 spiro atoms. The maximum absolute atomic E-state index is 5.92. The first-order valence-electron chi connectivity index (χ1n) is 11.1. The Bertz CT molecular complexity index is 1060. The van der Waals surface area contributed by atoms with Crippen LogP contribution in [0.3, 0.4) is 0 Å². The van der Waals surface area contributed by atoms with E-state index in [9.17, 15) is 0 Å². The van der Waals surface area contributed by atoms with Crippen molar-refractivity contribution >= 4 is 22.8 Å². The number of aryl methyl sites for hydroxylation is 1. The third kappa shape index (κ3) is 4.20. The molecule has 1 aromatic carbocycles. The zero-order chi connectivity index (χ0) is 21.4. The van der Waals surface area contributed by atoms with E-state index < -0.39 is 0 Å². The maximum Gasteiger partial charge on any atom is 0.229 e. The van der Waals surface area contributed by atoms with Crippen molar-refractivity contribution in [3.8, 4) is 11.3 Å². The molecule has 3 aromatic rings. The highest BCUT2D eigenvalue weighted by Crippen LogP contribution is 2.30. The van der Waals surface area contributed by atoms with Gasteiger partial charge in [0.25, 0.3) is 0 Å². The number of nitrogens with zero attached hydrogens (tertiary/aromatic N) is 5. The number of morpholine rings is 2. The summed E-state index contributed by atoms with van der Waals surface area (Å²) in [6, 6.07) is 12.6. The second-order valence-electron chi connectivity index (χ2n) is 8.54. The highest BCUT2D eigenvalue weighted by Gasteiger charge is 2.26. The minimum atomic E-state index is 0.140. The van der Waals surface area contributed by atoms with Gasteiger partial charge in [-0.05, 0) is 32.9 Å². The summed E-state index contributed by atoms with van der Waals surface area (Å²) in [4.78, 5) is 19.4. The number of hydrogen-bond donors (Lipinski definition) is 0. The molecule has 2 atom stereocenters. The predicted molar refractivity (Wildman–Crippen MR) is 123 cm³/mol. The maximum atomic E-state index is 5.92. The number of aromatic nitrogens is 3. The summed E-state index contributed by atoms with van der Waals surface area (Å²) in [5.74, 6) is 1.67. The minimum Gasteiger partial charge on any atom is -0.378 e. The summed E-state index contributed by atoms with van der Waals surface area (Å²) in [6.45, 7) is 10.9. The second kappa shape index (κ2) is 8.40. The van der Waals surface area contributed by atoms with E-state index in [4.69, 9.17) is 24.4 Å². The molecule has 2 aromatic heterocycles. The molecule has 0 aliphatic carbocycles. The minimum absolute atomic E-state index is 0.140. The van der Waals surface area contributed by atoms with E-state index in [1.165, 1.54) is 5.56 Å². The van der Waals surface area contributed by atoms with E-state index in [0.29, 0.717) is 13.2 Å². The van der Waals surface area contributed by atoms with Crippen LogP contribution in [0.5, 0.6) is 0 Å². The molecule has 0 bridgehead atoms. The van der Waals surface area contributed by atoms with Crippen LogP contribution in [-0.4, -0.2) is 66.6 Å². The summed E-state index contributed by atoms with van der Waals surface area (Å²) in [7, 11) is 0. The van der Waals surface area contributed by atoms with Gasteiger partial charge in [0.05, 0.1) is 36.5 Å². The topological polar surface area (TPSA) is 63.6 Å². The molecular weight excluding hydrogens is 390 g/mol. The van der Waals surface area contributed by atoms with Gasteiger partial charge in [0.2, 0.25) is 5.95 Å². The Morgan fingerprint density at radius 2 is 1.55 bits per heavy atom. The summed E-state index contributed by atoms with van der Waals surface area (Å²) >= 11 is 0. The first-order valence-corrected chi connectivity index (χ1v) is 11.1. The lowest BCUT2D eigenvalue weighted by atomic mass is 10.1. The van der Waals surface area contributed by atoms with Gasteiger partial charge in [-0.1, -0.05) is 29.8 Å². The van der Waals surface area contributed by atoms with Crippen molar-refractivity contribution in [1.29, 1.82) is 0 Å². The number of benzene rings is 1. The van der Waals surface area contributed by atoms with Gasteiger partial charge in [-0.25, -0.2) is 4.98 Å². The Morgan fingerprint density at radius 1 is 0.839 bits per heavy atom. The van der Waals surface area contributed by atoms with Gasteiger partial charge in [0.15, 0.2) is 5.65 Å². The fraction of sp³-hybridized carbons (Fsp3) is 0.458. The molecule has 162 valence electrons. The third-order valence-corrected chi connectivity index (χ3v) is 5.89. The van der Waals surface area contributed by atoms with E-state index >= 15 is 0 Å². The molecule has 0 N–H and O–H groups in total. The van der Waals surface area contributed by atoms with E-state index in [1.54, 1.807) is 0 Å². The van der Waals surface area contributed by atoms with Crippen LogP contribution in [0.25, 0.3) is 22.3 Å². The van der Waals surface area contributed by atoms with Gasteiger partial charge < -0.3 is 19.3 Å². The molecule has 2 aliphatic rings. The van der Waals surface area contributed by atoms with Crippen molar-refractivity contribution in [1.82, 2.24) is 15.0 Å². The normalized spacial score (nSPS) is 22.2. The van der Waals surface area contributed by atoms with Gasteiger partial charge >= 0.3 is 0 Å². The first kappa shape index (κ1) is 20.2. The Labute approximate surface area is 183 Å². The molecule has 4 heterocycles. The lowest BCUT2D eigenvalue weighted by Crippen LogP contribution is -2.46. The van der Waals surface area contributed by atoms with Crippen LogP contribution in [-0.2, 0) is 9.47 Å². The van der Waals surface area contributed by atoms with Crippen LogP contribution in [0.2, 0.25) is 0 Å². The van der Waals surface area contributed by atoms with Crippen LogP contribution in [0, 0.1) is 6.92 Å². The number of ether oxygens (including phenoxy) is 2. The van der Waals surface area contributed by atoms with Crippen molar-refractivity contribution in [2.24, 2.45) is 0 Å². The molecule has 5 rings (SSSR count). The fourth-order valence-electron chi connectivity index (χ4n) is 4.37. The van der Waals surface area contributed by atoms with Crippen LogP contribution < -0.4 is 9.80 Å². The molecule has 2 saturated heterocycles. The number of hydrogen-bond acceptors (Lipinski definition) is 7. The van der Waals surface area contributed by atoms with E-state index in [2.05, 4.69) is 67.0 Å². The smallest absolute Gasteiger partial charge is 0.229 e. The average molecular weight is 420 g/mol. The molecule has 0 saturated carbocycles. The third-order valence-electron chi connectivity index (χ3n) is 5.89. The highest BCUT2D eigenvalue weighted by molar-refractivity contribution is 5.89. The Balaban J connectivity index is 1.61. The number of fused-ring (bicyclic) bond motifs is 1. The number of pyridine rings is 1. The van der Waals surface area contributed by atoms with Crippen LogP contribution in [0.1, 0.15) is 19.4 Å². The SMILES string of the molecule is Cc1ccc(-c2ccc3c(N4CCOCC4)nc(N4CC(C)OC(C)C4)nc3n2)cc1. The van der Waals surface area contributed by atoms with Gasteiger partial charge in [0, 0.05) is 31.7 Å². The molecule has 7 nitrogen and oxygen atoms in total. The van der Waals surface area contributed by atoms with Crippen molar-refractivity contribution in [2.45, 2.75) is 33.0 Å². The molecule has 2 unspecified atom stereocenters. The van der Waals surface area contributed by atoms with Crippen LogP contribution >= 0.6 is 0 Å². The highest BCUT2D eigenvalue weighted by atomic mass is 16.5. The number of anilines is 2. The van der Waals surface area contributed by atoms with Crippen LogP contribution in [0.4, 0.5) is 11.8 Å². The Kier molecular flexibility index (Phi) is 5.46. The van der Waals surface area contributed by atoms with Gasteiger partial charge in [0.1, 0.15) is 5.82 Å². The van der Waals surface area contributed by atoms with Crippen molar-refractivity contribution in [3.63, 3.8) is 0 Å². The predicted octanol–water partition coefficient (Wildman–Crippen LogP) is 3.45. The fourth-order valence-corrected chi connectivity index (χ4v) is 4.37. The molecule has 31 heavy (non-hydrogen) atoms. The van der Waals surface area contributed by atoms with E-state index in [0.717, 1.165) is 60.2 Å². The Morgan fingerprint density at radius 3 is 2.26 bits per heavy atom. The molecule has 2 aliphatic heterocycles. The Hall–Kier alpha value is -2.77. The largest absolute Gasteiger partial charge is 0.378 e. The molecule has 0 radical (unpaired) electrons. The first-order chi connectivity index (χ1) is 15.1. The van der Waals surface area contributed by atoms with Crippen molar-refractivity contribution in [3.05, 3.63) is 42.0 Å².